The van der Waals surface area contributed by atoms with Gasteiger partial charge in [-0.05, 0) is 42.7 Å². The summed E-state index contributed by atoms with van der Waals surface area (Å²) in [6.07, 6.45) is 4.45. The molecule has 1 unspecified atom stereocenters. The van der Waals surface area contributed by atoms with Crippen LogP contribution in [-0.2, 0) is 0 Å². The van der Waals surface area contributed by atoms with Crippen molar-refractivity contribution in [3.63, 3.8) is 0 Å². The number of aromatic nitrogens is 2. The van der Waals surface area contributed by atoms with Crippen molar-refractivity contribution in [3.8, 4) is 17.1 Å². The van der Waals surface area contributed by atoms with Crippen LogP contribution in [0.3, 0.4) is 0 Å². The van der Waals surface area contributed by atoms with Gasteiger partial charge >= 0.3 is 0 Å². The zero-order valence-electron chi connectivity index (χ0n) is 21.1. The van der Waals surface area contributed by atoms with Crippen molar-refractivity contribution in [2.45, 2.75) is 24.9 Å². The number of hydrogen-bond acceptors (Lipinski definition) is 5. The van der Waals surface area contributed by atoms with E-state index in [1.165, 1.54) is 36.7 Å². The number of carbonyl (C=O) groups excluding carboxylic acids is 1. The third kappa shape index (κ3) is 6.77. The molecule has 1 aliphatic heterocycles. The summed E-state index contributed by atoms with van der Waals surface area (Å²) < 4.78 is 33.1. The average Bonchev–Trinajstić information content (AvgIpc) is 2.96. The number of nitrogens with one attached hydrogen (secondary N) is 1. The first kappa shape index (κ1) is 26.7. The second-order valence-corrected chi connectivity index (χ2v) is 9.81. The number of benzene rings is 3. The van der Waals surface area contributed by atoms with Gasteiger partial charge in [-0.2, -0.15) is 0 Å². The number of hydrogen-bond donors (Lipinski definition) is 1. The van der Waals surface area contributed by atoms with E-state index in [-0.39, 0.29) is 28.8 Å². The van der Waals surface area contributed by atoms with E-state index in [4.69, 9.17) is 16.3 Å². The molecule has 0 saturated carbocycles. The molecule has 3 aromatic carbocycles. The van der Waals surface area contributed by atoms with Crippen molar-refractivity contribution >= 4 is 17.5 Å². The molecule has 1 fully saturated rings. The first-order valence-corrected chi connectivity index (χ1v) is 13.1. The van der Waals surface area contributed by atoms with Crippen LogP contribution < -0.4 is 10.1 Å². The van der Waals surface area contributed by atoms with Gasteiger partial charge in [0.25, 0.3) is 5.91 Å². The third-order valence-electron chi connectivity index (χ3n) is 6.79. The summed E-state index contributed by atoms with van der Waals surface area (Å²) in [6.45, 7) is 1.89. The van der Waals surface area contributed by atoms with Crippen LogP contribution in [0.15, 0.2) is 85.2 Å². The lowest BCUT2D eigenvalue weighted by atomic mass is 9.99. The highest BCUT2D eigenvalue weighted by Crippen LogP contribution is 2.28. The second kappa shape index (κ2) is 12.3. The Morgan fingerprint density at radius 1 is 1.00 bits per heavy atom. The lowest BCUT2D eigenvalue weighted by molar-refractivity contribution is 0.0837. The molecule has 6 nitrogen and oxygen atoms in total. The summed E-state index contributed by atoms with van der Waals surface area (Å²) in [5.74, 6) is -0.228. The van der Waals surface area contributed by atoms with Gasteiger partial charge in [-0.25, -0.2) is 18.7 Å². The van der Waals surface area contributed by atoms with Gasteiger partial charge in [0.05, 0.1) is 16.6 Å². The van der Waals surface area contributed by atoms with Crippen molar-refractivity contribution in [2.24, 2.45) is 0 Å². The SMILES string of the molecule is O=C(NC1CCN(C(COc2ccc(F)c(Cl)c2)c2ccccc2)CC1)c1cnc(-c2cccc(F)c2)nc1. The molecule has 1 aromatic heterocycles. The molecular formula is C30H27ClF2N4O2. The molecule has 0 bridgehead atoms. The van der Waals surface area contributed by atoms with Crippen molar-refractivity contribution in [2.75, 3.05) is 19.7 Å². The van der Waals surface area contributed by atoms with Crippen LogP contribution in [0.4, 0.5) is 8.78 Å². The summed E-state index contributed by atoms with van der Waals surface area (Å²) in [6, 6.07) is 20.4. The van der Waals surface area contributed by atoms with Crippen LogP contribution in [0, 0.1) is 11.6 Å². The van der Waals surface area contributed by atoms with Crippen LogP contribution in [-0.4, -0.2) is 46.5 Å². The Morgan fingerprint density at radius 3 is 2.44 bits per heavy atom. The Hall–Kier alpha value is -3.88. The van der Waals surface area contributed by atoms with E-state index in [0.717, 1.165) is 31.5 Å². The number of halogens is 3. The number of rotatable bonds is 8. The van der Waals surface area contributed by atoms with Gasteiger partial charge in [0.2, 0.25) is 0 Å². The zero-order chi connectivity index (χ0) is 27.2. The Morgan fingerprint density at radius 2 is 1.74 bits per heavy atom. The molecule has 1 saturated heterocycles. The quantitative estimate of drug-likeness (QED) is 0.289. The molecule has 9 heteroatoms. The lowest BCUT2D eigenvalue weighted by Gasteiger charge is -2.38. The molecule has 1 aliphatic rings. The maximum atomic E-state index is 13.5. The average molecular weight is 549 g/mol. The second-order valence-electron chi connectivity index (χ2n) is 9.40. The molecule has 2 heterocycles. The first-order chi connectivity index (χ1) is 19.0. The minimum atomic E-state index is -0.484. The van der Waals surface area contributed by atoms with E-state index in [0.29, 0.717) is 29.3 Å². The van der Waals surface area contributed by atoms with Gasteiger partial charge in [-0.15, -0.1) is 0 Å². The standard InChI is InChI=1S/C30H27ClF2N4O2/c31-26-16-25(9-10-27(26)33)39-19-28(20-5-2-1-3-6-20)37-13-11-24(12-14-37)36-30(38)22-17-34-29(35-18-22)21-7-4-8-23(32)15-21/h1-10,15-18,24,28H,11-14,19H2,(H,36,38). The lowest BCUT2D eigenvalue weighted by Crippen LogP contribution is -2.46. The van der Waals surface area contributed by atoms with Crippen LogP contribution in [0.1, 0.15) is 34.8 Å². The molecular weight excluding hydrogens is 522 g/mol. The number of ether oxygens (including phenoxy) is 1. The zero-order valence-corrected chi connectivity index (χ0v) is 21.8. The minimum absolute atomic E-state index is 0.00453. The summed E-state index contributed by atoms with van der Waals surface area (Å²) in [5, 5.41) is 3.11. The number of piperidine rings is 1. The third-order valence-corrected chi connectivity index (χ3v) is 7.08. The van der Waals surface area contributed by atoms with Crippen molar-refractivity contribution in [1.29, 1.82) is 0 Å². The number of amides is 1. The summed E-state index contributed by atoms with van der Waals surface area (Å²) >= 11 is 5.92. The van der Waals surface area contributed by atoms with Gasteiger partial charge in [0.15, 0.2) is 5.82 Å². The predicted molar refractivity (Wildman–Crippen MR) is 146 cm³/mol. The van der Waals surface area contributed by atoms with E-state index < -0.39 is 5.82 Å². The van der Waals surface area contributed by atoms with Gasteiger partial charge in [0.1, 0.15) is 24.0 Å². The van der Waals surface area contributed by atoms with Crippen LogP contribution in [0.25, 0.3) is 11.4 Å². The highest BCUT2D eigenvalue weighted by Gasteiger charge is 2.28. The fourth-order valence-electron chi connectivity index (χ4n) is 4.68. The molecule has 0 aliphatic carbocycles. The largest absolute Gasteiger partial charge is 0.492 e. The minimum Gasteiger partial charge on any atom is -0.492 e. The first-order valence-electron chi connectivity index (χ1n) is 12.7. The summed E-state index contributed by atoms with van der Waals surface area (Å²) in [7, 11) is 0. The number of carbonyl (C=O) groups is 1. The Labute approximate surface area is 230 Å². The molecule has 200 valence electrons. The van der Waals surface area contributed by atoms with Gasteiger partial charge in [0, 0.05) is 43.2 Å². The van der Waals surface area contributed by atoms with Crippen molar-refractivity contribution in [3.05, 3.63) is 113 Å². The van der Waals surface area contributed by atoms with E-state index in [1.54, 1.807) is 18.2 Å². The topological polar surface area (TPSA) is 67.4 Å². The molecule has 39 heavy (non-hydrogen) atoms. The highest BCUT2D eigenvalue weighted by atomic mass is 35.5. The normalized spacial score (nSPS) is 15.1. The van der Waals surface area contributed by atoms with Crippen LogP contribution >= 0.6 is 11.6 Å². The van der Waals surface area contributed by atoms with Gasteiger partial charge < -0.3 is 10.1 Å². The molecule has 1 atom stereocenters. The van der Waals surface area contributed by atoms with E-state index in [1.807, 2.05) is 18.2 Å². The van der Waals surface area contributed by atoms with Crippen molar-refractivity contribution in [1.82, 2.24) is 20.2 Å². The van der Waals surface area contributed by atoms with E-state index in [9.17, 15) is 13.6 Å². The molecule has 1 N–H and O–H groups in total. The highest BCUT2D eigenvalue weighted by molar-refractivity contribution is 6.30. The summed E-state index contributed by atoms with van der Waals surface area (Å²) in [4.78, 5) is 23.7. The van der Waals surface area contributed by atoms with Crippen LogP contribution in [0.5, 0.6) is 5.75 Å². The molecule has 0 radical (unpaired) electrons. The molecule has 4 aromatic rings. The molecule has 1 amide bonds. The van der Waals surface area contributed by atoms with Gasteiger partial charge in [-0.1, -0.05) is 54.1 Å². The smallest absolute Gasteiger partial charge is 0.254 e. The Bertz CT molecular complexity index is 1410. The maximum Gasteiger partial charge on any atom is 0.254 e. The van der Waals surface area contributed by atoms with Crippen LogP contribution in [0.2, 0.25) is 5.02 Å². The van der Waals surface area contributed by atoms with Gasteiger partial charge in [-0.3, -0.25) is 9.69 Å². The monoisotopic (exact) mass is 548 g/mol. The Kier molecular flexibility index (Phi) is 8.44. The fraction of sp³-hybridized carbons (Fsp3) is 0.233. The van der Waals surface area contributed by atoms with Crippen molar-refractivity contribution < 1.29 is 18.3 Å². The number of nitrogens with zero attached hydrogens (tertiary/aromatic N) is 3. The van der Waals surface area contributed by atoms with E-state index in [2.05, 4.69) is 32.3 Å². The predicted octanol–water partition coefficient (Wildman–Crippen LogP) is 6.09. The molecule has 0 spiro atoms. The molecule has 5 rings (SSSR count). The summed E-state index contributed by atoms with van der Waals surface area (Å²) in [5.41, 5.74) is 2.02. The number of likely N-dealkylation sites (tertiary alicyclic amines) is 1. The fourth-order valence-corrected chi connectivity index (χ4v) is 4.85. The Balaban J connectivity index is 1.19. The maximum absolute atomic E-state index is 13.5. The van der Waals surface area contributed by atoms with E-state index >= 15 is 0 Å².